The van der Waals surface area contributed by atoms with Crippen LogP contribution in [0.25, 0.3) is 0 Å². The molecule has 0 saturated carbocycles. The lowest BCUT2D eigenvalue weighted by molar-refractivity contribution is 0.478. The fraction of sp³-hybridized carbons (Fsp3) is 0.0455. The molecule has 26 heavy (non-hydrogen) atoms. The van der Waals surface area contributed by atoms with Gasteiger partial charge < -0.3 is 4.74 Å². The second-order valence-corrected chi connectivity index (χ2v) is 7.04. The zero-order chi connectivity index (χ0) is 18.2. The number of benzene rings is 3. The van der Waals surface area contributed by atoms with Gasteiger partial charge in [0.2, 0.25) is 0 Å². The van der Waals surface area contributed by atoms with Crippen molar-refractivity contribution in [1.82, 2.24) is 0 Å². The topological polar surface area (TPSA) is 21.6 Å². The van der Waals surface area contributed by atoms with Crippen molar-refractivity contribution in [3.63, 3.8) is 0 Å². The van der Waals surface area contributed by atoms with E-state index in [1.165, 1.54) is 0 Å². The summed E-state index contributed by atoms with van der Waals surface area (Å²) >= 11 is 7.57. The molecule has 130 valence electrons. The molecule has 3 rings (SSSR count). The lowest BCUT2D eigenvalue weighted by Crippen LogP contribution is -1.97. The van der Waals surface area contributed by atoms with Gasteiger partial charge in [-0.25, -0.2) is 4.99 Å². The molecule has 0 aliphatic rings. The van der Waals surface area contributed by atoms with Crippen LogP contribution in [0.4, 0.5) is 5.69 Å². The summed E-state index contributed by atoms with van der Waals surface area (Å²) in [6, 6.07) is 27.3. The van der Waals surface area contributed by atoms with Crippen LogP contribution in [0.1, 0.15) is 6.92 Å². The summed E-state index contributed by atoms with van der Waals surface area (Å²) in [4.78, 5) is 5.90. The Bertz CT molecular complexity index is 890. The van der Waals surface area contributed by atoms with Gasteiger partial charge >= 0.3 is 0 Å². The van der Waals surface area contributed by atoms with Crippen molar-refractivity contribution in [3.05, 3.63) is 102 Å². The van der Waals surface area contributed by atoms with Gasteiger partial charge in [-0.3, -0.25) is 0 Å². The van der Waals surface area contributed by atoms with Crippen LogP contribution < -0.4 is 4.74 Å². The lowest BCUT2D eigenvalue weighted by atomic mass is 10.3. The molecule has 0 amide bonds. The first-order valence-electron chi connectivity index (χ1n) is 8.17. The summed E-state index contributed by atoms with van der Waals surface area (Å²) < 4.78 is 5.77. The smallest absolute Gasteiger partial charge is 0.126 e. The quantitative estimate of drug-likeness (QED) is 0.203. The van der Waals surface area contributed by atoms with E-state index in [1.807, 2.05) is 79.7 Å². The first-order valence-corrected chi connectivity index (χ1v) is 9.36. The van der Waals surface area contributed by atoms with Crippen LogP contribution in [0.3, 0.4) is 0 Å². The molecule has 3 aromatic rings. The van der Waals surface area contributed by atoms with Gasteiger partial charge in [-0.15, -0.1) is 0 Å². The van der Waals surface area contributed by atoms with Gasteiger partial charge in [-0.2, -0.15) is 0 Å². The molecule has 2 nitrogen and oxygen atoms in total. The highest BCUT2D eigenvalue weighted by atomic mass is 35.5. The molecule has 0 saturated heterocycles. The zero-order valence-electron chi connectivity index (χ0n) is 14.3. The normalized spacial score (nSPS) is 12.1. The standard InChI is InChI=1S/C22H18ClNOS/c1-17(16-25-20-8-4-2-5-9-20)22(26-21-10-6-3-7-11-21)24-19-14-12-18(23)13-15-19/h2-16H,1H3/b17-16+,24-22+. The molecule has 0 bridgehead atoms. The molecular formula is C22H18ClNOS. The molecule has 0 N–H and O–H groups in total. The van der Waals surface area contributed by atoms with Crippen molar-refractivity contribution in [2.75, 3.05) is 0 Å². The molecular weight excluding hydrogens is 362 g/mol. The monoisotopic (exact) mass is 379 g/mol. The molecule has 0 aliphatic carbocycles. The predicted molar refractivity (Wildman–Crippen MR) is 112 cm³/mol. The van der Waals surface area contributed by atoms with Crippen molar-refractivity contribution >= 4 is 34.1 Å². The Morgan fingerprint density at radius 3 is 2.15 bits per heavy atom. The van der Waals surface area contributed by atoms with Crippen LogP contribution in [0.15, 0.2) is 107 Å². The number of hydrogen-bond donors (Lipinski definition) is 0. The molecule has 0 aliphatic heterocycles. The van der Waals surface area contributed by atoms with Gasteiger partial charge in [0.05, 0.1) is 11.9 Å². The number of hydrogen-bond acceptors (Lipinski definition) is 3. The summed E-state index contributed by atoms with van der Waals surface area (Å²) in [5, 5.41) is 1.57. The van der Waals surface area contributed by atoms with Crippen LogP contribution >= 0.6 is 23.4 Å². The third kappa shape index (κ3) is 5.51. The van der Waals surface area contributed by atoms with Gasteiger partial charge in [0.25, 0.3) is 0 Å². The Labute approximate surface area is 163 Å². The highest BCUT2D eigenvalue weighted by molar-refractivity contribution is 8.14. The van der Waals surface area contributed by atoms with Gasteiger partial charge in [-0.05, 0) is 55.5 Å². The maximum atomic E-state index is 5.97. The Morgan fingerprint density at radius 2 is 1.50 bits per heavy atom. The summed E-state index contributed by atoms with van der Waals surface area (Å²) in [7, 11) is 0. The number of thioether (sulfide) groups is 1. The highest BCUT2D eigenvalue weighted by Gasteiger charge is 2.07. The largest absolute Gasteiger partial charge is 0.465 e. The van der Waals surface area contributed by atoms with Crippen molar-refractivity contribution < 1.29 is 4.74 Å². The van der Waals surface area contributed by atoms with Crippen molar-refractivity contribution in [3.8, 4) is 5.75 Å². The second-order valence-electron chi connectivity index (χ2n) is 5.54. The third-order valence-corrected chi connectivity index (χ3v) is 4.83. The van der Waals surface area contributed by atoms with E-state index in [2.05, 4.69) is 12.1 Å². The molecule has 4 heteroatoms. The van der Waals surface area contributed by atoms with Gasteiger partial charge in [-0.1, -0.05) is 59.8 Å². The third-order valence-electron chi connectivity index (χ3n) is 3.47. The van der Waals surface area contributed by atoms with Crippen LogP contribution in [-0.2, 0) is 0 Å². The minimum absolute atomic E-state index is 0.695. The van der Waals surface area contributed by atoms with E-state index in [0.29, 0.717) is 5.02 Å². The summed E-state index contributed by atoms with van der Waals surface area (Å²) in [5.74, 6) is 0.794. The van der Waals surface area contributed by atoms with Crippen LogP contribution in [0.2, 0.25) is 5.02 Å². The van der Waals surface area contributed by atoms with E-state index >= 15 is 0 Å². The van der Waals surface area contributed by atoms with E-state index in [1.54, 1.807) is 18.0 Å². The SMILES string of the molecule is CC(=C\Oc1ccccc1)/C(=N\c1ccc(Cl)cc1)Sc1ccccc1. The van der Waals surface area contributed by atoms with Crippen molar-refractivity contribution in [2.24, 2.45) is 4.99 Å². The predicted octanol–water partition coefficient (Wildman–Crippen LogP) is 7.15. The summed E-state index contributed by atoms with van der Waals surface area (Å²) in [6.07, 6.45) is 1.74. The van der Waals surface area contributed by atoms with Crippen LogP contribution in [-0.4, -0.2) is 5.04 Å². The molecule has 3 aromatic carbocycles. The minimum Gasteiger partial charge on any atom is -0.465 e. The van der Waals surface area contributed by atoms with Crippen LogP contribution in [0, 0.1) is 0 Å². The number of para-hydroxylation sites is 1. The number of halogens is 1. The van der Waals surface area contributed by atoms with Gasteiger partial charge in [0.1, 0.15) is 10.8 Å². The first-order chi connectivity index (χ1) is 12.7. The molecule has 0 aromatic heterocycles. The summed E-state index contributed by atoms with van der Waals surface area (Å²) in [5.41, 5.74) is 1.79. The van der Waals surface area contributed by atoms with E-state index in [9.17, 15) is 0 Å². The maximum Gasteiger partial charge on any atom is 0.126 e. The fourth-order valence-electron chi connectivity index (χ4n) is 2.13. The minimum atomic E-state index is 0.695. The highest BCUT2D eigenvalue weighted by Crippen LogP contribution is 2.27. The fourth-order valence-corrected chi connectivity index (χ4v) is 3.13. The Balaban J connectivity index is 1.87. The van der Waals surface area contributed by atoms with Gasteiger partial charge in [0, 0.05) is 15.5 Å². The Morgan fingerprint density at radius 1 is 0.885 bits per heavy atom. The molecule has 0 unspecified atom stereocenters. The van der Waals surface area contributed by atoms with E-state index in [-0.39, 0.29) is 0 Å². The molecule has 0 fully saturated rings. The number of rotatable bonds is 5. The average Bonchev–Trinajstić information content (AvgIpc) is 2.69. The summed E-state index contributed by atoms with van der Waals surface area (Å²) in [6.45, 7) is 1.99. The van der Waals surface area contributed by atoms with E-state index < -0.39 is 0 Å². The van der Waals surface area contributed by atoms with Crippen LogP contribution in [0.5, 0.6) is 5.75 Å². The van der Waals surface area contributed by atoms with Crippen molar-refractivity contribution in [1.29, 1.82) is 0 Å². The first kappa shape index (κ1) is 18.3. The lowest BCUT2D eigenvalue weighted by Gasteiger charge is -2.08. The molecule has 0 spiro atoms. The molecule has 0 atom stereocenters. The number of ether oxygens (including phenoxy) is 1. The second kappa shape index (κ2) is 9.27. The van der Waals surface area contributed by atoms with Gasteiger partial charge in [0.15, 0.2) is 0 Å². The molecule has 0 heterocycles. The average molecular weight is 380 g/mol. The van der Waals surface area contributed by atoms with E-state index in [4.69, 9.17) is 21.3 Å². The Kier molecular flexibility index (Phi) is 6.53. The zero-order valence-corrected chi connectivity index (χ0v) is 15.9. The number of nitrogens with zero attached hydrogens (tertiary/aromatic N) is 1. The number of aliphatic imine (C=N–C) groups is 1. The Hall–Kier alpha value is -2.49. The van der Waals surface area contributed by atoms with E-state index in [0.717, 1.165) is 26.9 Å². The maximum absolute atomic E-state index is 5.97. The molecule has 0 radical (unpaired) electrons. The van der Waals surface area contributed by atoms with Crippen molar-refractivity contribution in [2.45, 2.75) is 11.8 Å².